The minimum atomic E-state index is -0.0700. The summed E-state index contributed by atoms with van der Waals surface area (Å²) in [6, 6.07) is 16.2. The molecule has 0 aliphatic heterocycles. The highest BCUT2D eigenvalue weighted by molar-refractivity contribution is 6.30. The third-order valence-electron chi connectivity index (χ3n) is 3.87. The summed E-state index contributed by atoms with van der Waals surface area (Å²) >= 11 is 5.92. The molecule has 0 saturated heterocycles. The maximum Gasteiger partial charge on any atom is 0.309 e. The fourth-order valence-corrected chi connectivity index (χ4v) is 2.79. The van der Waals surface area contributed by atoms with Gasteiger partial charge in [-0.05, 0) is 48.1 Å². The molecule has 21 heavy (non-hydrogen) atoms. The van der Waals surface area contributed by atoms with Crippen LogP contribution in [0, 0.1) is 5.92 Å². The van der Waals surface area contributed by atoms with Crippen LogP contribution < -0.4 is 0 Å². The molecular weight excluding hydrogens is 284 g/mol. The fourth-order valence-electron chi connectivity index (χ4n) is 2.66. The first-order chi connectivity index (χ1) is 10.2. The van der Waals surface area contributed by atoms with Crippen LogP contribution in [-0.4, -0.2) is 12.6 Å². The molecule has 2 aromatic carbocycles. The largest absolute Gasteiger partial charge is 0.466 e. The Bertz CT molecular complexity index is 649. The molecule has 2 nitrogen and oxygen atoms in total. The van der Waals surface area contributed by atoms with E-state index in [1.165, 1.54) is 5.56 Å². The molecule has 108 valence electrons. The first-order valence-corrected chi connectivity index (χ1v) is 7.59. The van der Waals surface area contributed by atoms with Gasteiger partial charge in [0.15, 0.2) is 0 Å². The normalized spacial score (nSPS) is 20.1. The highest BCUT2D eigenvalue weighted by Crippen LogP contribution is 2.48. The summed E-state index contributed by atoms with van der Waals surface area (Å²) in [6.45, 7) is 2.29. The molecule has 1 aliphatic rings. The maximum absolute atomic E-state index is 11.7. The van der Waals surface area contributed by atoms with Crippen molar-refractivity contribution < 1.29 is 9.53 Å². The van der Waals surface area contributed by atoms with E-state index in [0.29, 0.717) is 12.5 Å². The number of halogens is 1. The Morgan fingerprint density at radius 1 is 1.19 bits per heavy atom. The van der Waals surface area contributed by atoms with Crippen LogP contribution in [0.3, 0.4) is 0 Å². The quantitative estimate of drug-likeness (QED) is 0.767. The molecule has 1 aliphatic carbocycles. The van der Waals surface area contributed by atoms with Gasteiger partial charge in [0, 0.05) is 5.02 Å². The van der Waals surface area contributed by atoms with E-state index in [-0.39, 0.29) is 11.9 Å². The number of esters is 1. The summed E-state index contributed by atoms with van der Waals surface area (Å²) in [5.41, 5.74) is 3.49. The molecule has 0 unspecified atom stereocenters. The van der Waals surface area contributed by atoms with Gasteiger partial charge >= 0.3 is 5.97 Å². The average Bonchev–Trinajstić information content (AvgIpc) is 3.29. The number of rotatable bonds is 4. The van der Waals surface area contributed by atoms with Crippen LogP contribution in [0.15, 0.2) is 48.5 Å². The third kappa shape index (κ3) is 3.11. The molecule has 0 N–H and O–H groups in total. The van der Waals surface area contributed by atoms with Gasteiger partial charge in [0.05, 0.1) is 12.5 Å². The molecule has 3 heteroatoms. The monoisotopic (exact) mass is 300 g/mol. The molecular formula is C18H17ClO2. The van der Waals surface area contributed by atoms with Crippen LogP contribution >= 0.6 is 11.6 Å². The van der Waals surface area contributed by atoms with Crippen molar-refractivity contribution in [1.82, 2.24) is 0 Å². The van der Waals surface area contributed by atoms with E-state index in [2.05, 4.69) is 18.2 Å². The van der Waals surface area contributed by atoms with Crippen molar-refractivity contribution in [1.29, 1.82) is 0 Å². The summed E-state index contributed by atoms with van der Waals surface area (Å²) in [5.74, 6) is 0.265. The van der Waals surface area contributed by atoms with Gasteiger partial charge in [-0.3, -0.25) is 4.79 Å². The van der Waals surface area contributed by atoms with Gasteiger partial charge in [-0.25, -0.2) is 0 Å². The van der Waals surface area contributed by atoms with Crippen LogP contribution in [0.1, 0.15) is 24.8 Å². The van der Waals surface area contributed by atoms with Crippen LogP contribution in [-0.2, 0) is 9.53 Å². The van der Waals surface area contributed by atoms with Gasteiger partial charge in [0.1, 0.15) is 0 Å². The molecule has 3 rings (SSSR count). The molecule has 1 saturated carbocycles. The Labute approximate surface area is 129 Å². The second kappa shape index (κ2) is 5.90. The highest BCUT2D eigenvalue weighted by Gasteiger charge is 2.45. The lowest BCUT2D eigenvalue weighted by Crippen LogP contribution is -2.07. The first kappa shape index (κ1) is 14.2. The molecule has 0 heterocycles. The van der Waals surface area contributed by atoms with Crippen LogP contribution in [0.4, 0.5) is 0 Å². The fraction of sp³-hybridized carbons (Fsp3) is 0.278. The van der Waals surface area contributed by atoms with Crippen molar-refractivity contribution in [2.45, 2.75) is 19.3 Å². The Morgan fingerprint density at radius 2 is 1.95 bits per heavy atom. The number of benzene rings is 2. The summed E-state index contributed by atoms with van der Waals surface area (Å²) < 4.78 is 5.09. The van der Waals surface area contributed by atoms with Crippen LogP contribution in [0.5, 0.6) is 0 Å². The lowest BCUT2D eigenvalue weighted by Gasteiger charge is -2.06. The lowest BCUT2D eigenvalue weighted by atomic mass is 10.0. The smallest absolute Gasteiger partial charge is 0.309 e. The topological polar surface area (TPSA) is 26.3 Å². The summed E-state index contributed by atoms with van der Waals surface area (Å²) in [7, 11) is 0. The third-order valence-corrected chi connectivity index (χ3v) is 4.12. The maximum atomic E-state index is 11.7. The van der Waals surface area contributed by atoms with Gasteiger partial charge in [-0.1, -0.05) is 48.0 Å². The number of carbonyl (C=O) groups excluding carboxylic acids is 1. The standard InChI is InChI=1S/C18H17ClO2/c1-2-21-18(20)17-11-16(17)14-5-3-4-13(10-14)12-6-8-15(19)9-7-12/h3-10,16-17H,2,11H2,1H3/t16-,17+/m0/s1. The predicted molar refractivity (Wildman–Crippen MR) is 84.4 cm³/mol. The van der Waals surface area contributed by atoms with Crippen LogP contribution in [0.25, 0.3) is 11.1 Å². The van der Waals surface area contributed by atoms with E-state index in [9.17, 15) is 4.79 Å². The second-order valence-corrected chi connectivity index (χ2v) is 5.77. The SMILES string of the molecule is CCOC(=O)[C@@H]1C[C@H]1c1cccc(-c2ccc(Cl)cc2)c1. The zero-order valence-corrected chi connectivity index (χ0v) is 12.6. The van der Waals surface area contributed by atoms with Crippen molar-refractivity contribution in [3.63, 3.8) is 0 Å². The van der Waals surface area contributed by atoms with E-state index < -0.39 is 0 Å². The van der Waals surface area contributed by atoms with Gasteiger partial charge in [-0.2, -0.15) is 0 Å². The second-order valence-electron chi connectivity index (χ2n) is 5.33. The van der Waals surface area contributed by atoms with Gasteiger partial charge < -0.3 is 4.74 Å². The molecule has 0 radical (unpaired) electrons. The van der Waals surface area contributed by atoms with Gasteiger partial charge in [-0.15, -0.1) is 0 Å². The number of hydrogen-bond acceptors (Lipinski definition) is 2. The summed E-state index contributed by atoms with van der Waals surface area (Å²) in [4.78, 5) is 11.7. The zero-order valence-electron chi connectivity index (χ0n) is 11.9. The minimum Gasteiger partial charge on any atom is -0.466 e. The molecule has 2 atom stereocenters. The summed E-state index contributed by atoms with van der Waals surface area (Å²) in [6.07, 6.45) is 0.892. The molecule has 2 aromatic rings. The molecule has 0 spiro atoms. The zero-order chi connectivity index (χ0) is 14.8. The first-order valence-electron chi connectivity index (χ1n) is 7.21. The Hall–Kier alpha value is -1.80. The van der Waals surface area contributed by atoms with Gasteiger partial charge in [0.25, 0.3) is 0 Å². The number of ether oxygens (including phenoxy) is 1. The van der Waals surface area contributed by atoms with Gasteiger partial charge in [0.2, 0.25) is 0 Å². The van der Waals surface area contributed by atoms with Crippen molar-refractivity contribution in [3.8, 4) is 11.1 Å². The average molecular weight is 301 g/mol. The van der Waals surface area contributed by atoms with E-state index in [4.69, 9.17) is 16.3 Å². The van der Waals surface area contributed by atoms with Crippen LogP contribution in [0.2, 0.25) is 5.02 Å². The number of carbonyl (C=O) groups is 1. The Kier molecular flexibility index (Phi) is 3.98. The predicted octanol–water partition coefficient (Wildman–Crippen LogP) is 4.67. The highest BCUT2D eigenvalue weighted by atomic mass is 35.5. The van der Waals surface area contributed by atoms with E-state index in [1.807, 2.05) is 37.3 Å². The molecule has 1 fully saturated rings. The van der Waals surface area contributed by atoms with E-state index in [1.54, 1.807) is 0 Å². The lowest BCUT2D eigenvalue weighted by molar-refractivity contribution is -0.144. The molecule has 0 bridgehead atoms. The van der Waals surface area contributed by atoms with Crippen molar-refractivity contribution in [3.05, 3.63) is 59.1 Å². The van der Waals surface area contributed by atoms with E-state index >= 15 is 0 Å². The van der Waals surface area contributed by atoms with Crippen molar-refractivity contribution in [2.75, 3.05) is 6.61 Å². The number of hydrogen-bond donors (Lipinski definition) is 0. The van der Waals surface area contributed by atoms with Crippen molar-refractivity contribution in [2.24, 2.45) is 5.92 Å². The Balaban J connectivity index is 1.79. The molecule has 0 amide bonds. The minimum absolute atomic E-state index is 0.0328. The summed E-state index contributed by atoms with van der Waals surface area (Å²) in [5, 5.41) is 0.736. The van der Waals surface area contributed by atoms with E-state index in [0.717, 1.165) is 22.6 Å². The molecule has 0 aromatic heterocycles. The Morgan fingerprint density at radius 3 is 2.67 bits per heavy atom. The van der Waals surface area contributed by atoms with Crippen molar-refractivity contribution >= 4 is 17.6 Å².